The van der Waals surface area contributed by atoms with Gasteiger partial charge in [0, 0.05) is 25.7 Å². The van der Waals surface area contributed by atoms with Crippen LogP contribution in [-0.4, -0.2) is 32.5 Å². The van der Waals surface area contributed by atoms with E-state index in [1.165, 1.54) is 0 Å². The molecule has 0 aliphatic rings. The summed E-state index contributed by atoms with van der Waals surface area (Å²) < 4.78 is 7.09. The Morgan fingerprint density at radius 1 is 1.40 bits per heavy atom. The minimum Gasteiger partial charge on any atom is -0.339 e. The van der Waals surface area contributed by atoms with Crippen LogP contribution in [0.3, 0.4) is 0 Å². The van der Waals surface area contributed by atoms with Gasteiger partial charge in [-0.25, -0.2) is 0 Å². The zero-order valence-corrected chi connectivity index (χ0v) is 12.8. The van der Waals surface area contributed by atoms with Crippen LogP contribution in [0.1, 0.15) is 33.6 Å². The molecule has 0 radical (unpaired) electrons. The fraction of sp³-hybridized carbons (Fsp3) is 0.643. The summed E-state index contributed by atoms with van der Waals surface area (Å²) in [7, 11) is 1.87. The molecule has 0 spiro atoms. The monoisotopic (exact) mass is 277 g/mol. The molecule has 2 aromatic heterocycles. The summed E-state index contributed by atoms with van der Waals surface area (Å²) >= 11 is 0. The summed E-state index contributed by atoms with van der Waals surface area (Å²) in [6.07, 6.45) is 4.34. The smallest absolute Gasteiger partial charge is 0.228 e. The first kappa shape index (κ1) is 14.7. The number of likely N-dealkylation sites (N-methyl/N-ethyl adjacent to an activating group) is 1. The van der Waals surface area contributed by atoms with E-state index in [1.54, 1.807) is 10.9 Å². The number of aromatic nitrogens is 4. The van der Waals surface area contributed by atoms with Crippen LogP contribution in [0, 0.1) is 5.41 Å². The SMILES string of the molecule is CCNC(Cc1nc(-c2cnn(C)c2)no1)C(C)(C)C. The van der Waals surface area contributed by atoms with E-state index in [1.807, 2.05) is 13.2 Å². The maximum Gasteiger partial charge on any atom is 0.228 e. The van der Waals surface area contributed by atoms with Crippen LogP contribution in [0.25, 0.3) is 11.4 Å². The fourth-order valence-electron chi connectivity index (χ4n) is 2.10. The van der Waals surface area contributed by atoms with E-state index in [4.69, 9.17) is 4.52 Å². The van der Waals surface area contributed by atoms with E-state index in [0.717, 1.165) is 18.5 Å². The van der Waals surface area contributed by atoms with Crippen molar-refractivity contribution < 1.29 is 4.52 Å². The minimum atomic E-state index is 0.138. The molecule has 6 nitrogen and oxygen atoms in total. The highest BCUT2D eigenvalue weighted by atomic mass is 16.5. The van der Waals surface area contributed by atoms with Crippen molar-refractivity contribution >= 4 is 0 Å². The summed E-state index contributed by atoms with van der Waals surface area (Å²) in [5, 5.41) is 11.6. The van der Waals surface area contributed by atoms with Gasteiger partial charge < -0.3 is 9.84 Å². The van der Waals surface area contributed by atoms with Gasteiger partial charge in [0.2, 0.25) is 11.7 Å². The van der Waals surface area contributed by atoms with Crippen LogP contribution >= 0.6 is 0 Å². The molecule has 0 saturated heterocycles. The standard InChI is InChI=1S/C14H23N5O/c1-6-15-11(14(2,3)4)7-12-17-13(18-20-12)10-8-16-19(5)9-10/h8-9,11,15H,6-7H2,1-5H3. The van der Waals surface area contributed by atoms with Gasteiger partial charge in [-0.3, -0.25) is 4.68 Å². The number of nitrogens with zero attached hydrogens (tertiary/aromatic N) is 4. The second-order valence-electron chi connectivity index (χ2n) is 6.09. The number of rotatable bonds is 5. The zero-order chi connectivity index (χ0) is 14.8. The lowest BCUT2D eigenvalue weighted by atomic mass is 9.84. The van der Waals surface area contributed by atoms with E-state index in [0.29, 0.717) is 17.8 Å². The van der Waals surface area contributed by atoms with Gasteiger partial charge in [0.25, 0.3) is 0 Å². The van der Waals surface area contributed by atoms with Gasteiger partial charge in [0.1, 0.15) is 0 Å². The molecule has 110 valence electrons. The highest BCUT2D eigenvalue weighted by Gasteiger charge is 2.26. The first-order valence-corrected chi connectivity index (χ1v) is 6.95. The van der Waals surface area contributed by atoms with E-state index in [-0.39, 0.29) is 5.41 Å². The maximum atomic E-state index is 5.36. The van der Waals surface area contributed by atoms with Crippen molar-refractivity contribution in [2.24, 2.45) is 12.5 Å². The summed E-state index contributed by atoms with van der Waals surface area (Å²) in [6, 6.07) is 0.301. The van der Waals surface area contributed by atoms with E-state index in [9.17, 15) is 0 Å². The third kappa shape index (κ3) is 3.45. The Bertz CT molecular complexity index is 552. The van der Waals surface area contributed by atoms with Crippen molar-refractivity contribution in [2.45, 2.75) is 40.2 Å². The molecule has 1 unspecified atom stereocenters. The van der Waals surface area contributed by atoms with Crippen LogP contribution in [0.4, 0.5) is 0 Å². The lowest BCUT2D eigenvalue weighted by Crippen LogP contribution is -2.41. The van der Waals surface area contributed by atoms with Gasteiger partial charge in [-0.05, 0) is 12.0 Å². The van der Waals surface area contributed by atoms with Gasteiger partial charge in [-0.15, -0.1) is 0 Å². The van der Waals surface area contributed by atoms with Crippen molar-refractivity contribution in [3.05, 3.63) is 18.3 Å². The minimum absolute atomic E-state index is 0.138. The largest absolute Gasteiger partial charge is 0.339 e. The average Bonchev–Trinajstić information content (AvgIpc) is 2.96. The molecular weight excluding hydrogens is 254 g/mol. The molecular formula is C14H23N5O. The van der Waals surface area contributed by atoms with Crippen molar-refractivity contribution in [3.8, 4) is 11.4 Å². The second kappa shape index (κ2) is 5.75. The number of hydrogen-bond acceptors (Lipinski definition) is 5. The predicted molar refractivity (Wildman–Crippen MR) is 77.1 cm³/mol. The van der Waals surface area contributed by atoms with Crippen LogP contribution < -0.4 is 5.32 Å². The summed E-state index contributed by atoms with van der Waals surface area (Å²) in [4.78, 5) is 4.46. The van der Waals surface area contributed by atoms with Crippen LogP contribution in [0.5, 0.6) is 0 Å². The molecule has 0 fully saturated rings. The molecule has 0 aromatic carbocycles. The van der Waals surface area contributed by atoms with Crippen LogP contribution in [0.2, 0.25) is 0 Å². The molecule has 2 heterocycles. The fourth-order valence-corrected chi connectivity index (χ4v) is 2.10. The Kier molecular flexibility index (Phi) is 4.23. The number of hydrogen-bond donors (Lipinski definition) is 1. The van der Waals surface area contributed by atoms with Crippen molar-refractivity contribution in [3.63, 3.8) is 0 Å². The van der Waals surface area contributed by atoms with Gasteiger partial charge in [0.15, 0.2) is 0 Å². The normalized spacial score (nSPS) is 13.7. The summed E-state index contributed by atoms with van der Waals surface area (Å²) in [5.74, 6) is 1.25. The molecule has 20 heavy (non-hydrogen) atoms. The molecule has 0 bridgehead atoms. The molecule has 6 heteroatoms. The Balaban J connectivity index is 2.12. The van der Waals surface area contributed by atoms with Crippen molar-refractivity contribution in [2.75, 3.05) is 6.54 Å². The summed E-state index contributed by atoms with van der Waals surface area (Å²) in [6.45, 7) is 9.65. The second-order valence-corrected chi connectivity index (χ2v) is 6.09. The lowest BCUT2D eigenvalue weighted by Gasteiger charge is -2.30. The average molecular weight is 277 g/mol. The lowest BCUT2D eigenvalue weighted by molar-refractivity contribution is 0.247. The van der Waals surface area contributed by atoms with Gasteiger partial charge in [0.05, 0.1) is 11.8 Å². The highest BCUT2D eigenvalue weighted by Crippen LogP contribution is 2.23. The third-order valence-electron chi connectivity index (χ3n) is 3.31. The van der Waals surface area contributed by atoms with Gasteiger partial charge in [-0.1, -0.05) is 32.9 Å². The van der Waals surface area contributed by atoms with E-state index in [2.05, 4.69) is 48.3 Å². The Morgan fingerprint density at radius 3 is 2.70 bits per heavy atom. The first-order chi connectivity index (χ1) is 9.40. The molecule has 0 aliphatic heterocycles. The Morgan fingerprint density at radius 2 is 2.15 bits per heavy atom. The number of nitrogens with one attached hydrogen (secondary N) is 1. The Hall–Kier alpha value is -1.69. The van der Waals surface area contributed by atoms with Crippen LogP contribution in [-0.2, 0) is 13.5 Å². The summed E-state index contributed by atoms with van der Waals surface area (Å²) in [5.41, 5.74) is 1.01. The molecule has 0 aliphatic carbocycles. The Labute approximate surface area is 119 Å². The third-order valence-corrected chi connectivity index (χ3v) is 3.31. The van der Waals surface area contributed by atoms with E-state index >= 15 is 0 Å². The molecule has 0 amide bonds. The number of aryl methyl sites for hydroxylation is 1. The quantitative estimate of drug-likeness (QED) is 0.905. The van der Waals surface area contributed by atoms with Crippen LogP contribution in [0.15, 0.2) is 16.9 Å². The van der Waals surface area contributed by atoms with Crippen molar-refractivity contribution in [1.29, 1.82) is 0 Å². The highest BCUT2D eigenvalue weighted by molar-refractivity contribution is 5.50. The molecule has 1 atom stereocenters. The first-order valence-electron chi connectivity index (χ1n) is 6.95. The molecule has 0 saturated carbocycles. The van der Waals surface area contributed by atoms with Gasteiger partial charge >= 0.3 is 0 Å². The maximum absolute atomic E-state index is 5.36. The van der Waals surface area contributed by atoms with Crippen molar-refractivity contribution in [1.82, 2.24) is 25.2 Å². The predicted octanol–water partition coefficient (Wildman–Crippen LogP) is 2.04. The molecule has 2 rings (SSSR count). The van der Waals surface area contributed by atoms with Gasteiger partial charge in [-0.2, -0.15) is 10.1 Å². The van der Waals surface area contributed by atoms with E-state index < -0.39 is 0 Å². The topological polar surface area (TPSA) is 68.8 Å². The molecule has 1 N–H and O–H groups in total. The molecule has 2 aromatic rings. The zero-order valence-electron chi connectivity index (χ0n) is 12.8.